The molecule has 8 aromatic rings. The molecule has 1 N–H and O–H groups in total. The van der Waals surface area contributed by atoms with Crippen molar-refractivity contribution in [3.63, 3.8) is 0 Å². The first-order chi connectivity index (χ1) is 21.8. The number of oxazole rings is 1. The van der Waals surface area contributed by atoms with E-state index in [0.29, 0.717) is 22.7 Å². The Kier molecular flexibility index (Phi) is 7.25. The van der Waals surface area contributed by atoms with Gasteiger partial charge in [0.15, 0.2) is 5.58 Å². The summed E-state index contributed by atoms with van der Waals surface area (Å²) in [7, 11) is 0. The molecular formula is C37H28N6O2Pt. The Labute approximate surface area is 279 Å². The number of aromatic hydroxyl groups is 1. The van der Waals surface area contributed by atoms with Gasteiger partial charge in [0.1, 0.15) is 12.1 Å². The number of hydrogen-bond donors (Lipinski definition) is 1. The third-order valence-electron chi connectivity index (χ3n) is 8.15. The van der Waals surface area contributed by atoms with Crippen LogP contribution in [0.4, 0.5) is 0 Å². The Morgan fingerprint density at radius 2 is 1.54 bits per heavy atom. The number of pyridine rings is 3. The van der Waals surface area contributed by atoms with Crippen molar-refractivity contribution in [3.8, 4) is 50.8 Å². The summed E-state index contributed by atoms with van der Waals surface area (Å²) < 4.78 is 7.47. The van der Waals surface area contributed by atoms with Gasteiger partial charge in [-0.05, 0) is 58.5 Å². The number of hydrogen-bond acceptors (Lipinski definition) is 7. The van der Waals surface area contributed by atoms with Gasteiger partial charge in [-0.25, -0.2) is 14.4 Å². The molecule has 0 spiro atoms. The summed E-state index contributed by atoms with van der Waals surface area (Å²) in [5, 5.41) is 19.9. The summed E-state index contributed by atoms with van der Waals surface area (Å²) in [6, 6.07) is 32.2. The summed E-state index contributed by atoms with van der Waals surface area (Å²) in [6.45, 7) is 6.60. The maximum absolute atomic E-state index is 11.0. The predicted octanol–water partition coefficient (Wildman–Crippen LogP) is 8.48. The van der Waals surface area contributed by atoms with Crippen LogP contribution in [-0.4, -0.2) is 34.7 Å². The molecule has 228 valence electrons. The van der Waals surface area contributed by atoms with Crippen molar-refractivity contribution in [2.75, 3.05) is 0 Å². The average Bonchev–Trinajstić information content (AvgIpc) is 3.65. The van der Waals surface area contributed by atoms with Crippen LogP contribution in [0.25, 0.3) is 72.9 Å². The second-order valence-corrected chi connectivity index (χ2v) is 12.2. The molecular weight excluding hydrogens is 756 g/mol. The number of fused-ring (bicyclic) bond motifs is 4. The number of benzene rings is 3. The van der Waals surface area contributed by atoms with Crippen LogP contribution < -0.4 is 0 Å². The Bertz CT molecular complexity index is 2390. The minimum absolute atomic E-state index is 0. The van der Waals surface area contributed by atoms with Crippen molar-refractivity contribution in [1.82, 2.24) is 29.5 Å². The number of nitrogens with zero attached hydrogens (tertiary/aromatic N) is 6. The average molecular weight is 784 g/mol. The van der Waals surface area contributed by atoms with Gasteiger partial charge in [-0.3, -0.25) is 4.98 Å². The molecule has 3 aromatic carbocycles. The smallest absolute Gasteiger partial charge is 0.327 e. The van der Waals surface area contributed by atoms with Gasteiger partial charge >= 0.3 is 5.84 Å². The summed E-state index contributed by atoms with van der Waals surface area (Å²) in [6.07, 6.45) is 3.43. The Morgan fingerprint density at radius 3 is 2.37 bits per heavy atom. The molecule has 46 heavy (non-hydrogen) atoms. The Morgan fingerprint density at radius 1 is 0.717 bits per heavy atom. The number of rotatable bonds is 4. The monoisotopic (exact) mass is 783 g/mol. The summed E-state index contributed by atoms with van der Waals surface area (Å²) in [5.74, 6) is 0.427. The van der Waals surface area contributed by atoms with Crippen LogP contribution in [0.15, 0.2) is 114 Å². The minimum Gasteiger partial charge on any atom is -0.507 e. The number of phenolic OH excluding ortho intramolecular Hbond substituents is 1. The zero-order valence-corrected chi connectivity index (χ0v) is 27.5. The molecule has 0 saturated carbocycles. The SMILES string of the molecule is CC(C)(C)c1cc(-c2cc(-c3ccccc3)ccn2)nc(-c2cccc3ccc(-c4cc5c(cc4O)oc4nncn45)nc23)c1.[Pt]. The van der Waals surface area contributed by atoms with Crippen LogP contribution in [0.1, 0.15) is 26.3 Å². The van der Waals surface area contributed by atoms with Crippen LogP contribution >= 0.6 is 0 Å². The summed E-state index contributed by atoms with van der Waals surface area (Å²) in [5.41, 5.74) is 9.76. The van der Waals surface area contributed by atoms with Gasteiger partial charge in [-0.1, -0.05) is 80.5 Å². The van der Waals surface area contributed by atoms with E-state index in [1.165, 1.54) is 0 Å². The van der Waals surface area contributed by atoms with Gasteiger partial charge in [0.25, 0.3) is 0 Å². The molecule has 5 heterocycles. The van der Waals surface area contributed by atoms with E-state index in [9.17, 15) is 5.11 Å². The molecule has 0 fully saturated rings. The fraction of sp³-hybridized carbons (Fsp3) is 0.108. The first-order valence-electron chi connectivity index (χ1n) is 14.7. The number of aromatic nitrogens is 6. The molecule has 0 amide bonds. The van der Waals surface area contributed by atoms with Crippen LogP contribution in [0, 0.1) is 0 Å². The maximum Gasteiger partial charge on any atom is 0.327 e. The molecule has 0 radical (unpaired) electrons. The summed E-state index contributed by atoms with van der Waals surface area (Å²) >= 11 is 0. The molecule has 8 rings (SSSR count). The molecule has 0 aliphatic rings. The normalized spacial score (nSPS) is 11.7. The van der Waals surface area contributed by atoms with Gasteiger partial charge in [0.2, 0.25) is 0 Å². The molecule has 5 aromatic heterocycles. The van der Waals surface area contributed by atoms with Crippen molar-refractivity contribution in [1.29, 1.82) is 0 Å². The topological polar surface area (TPSA) is 102 Å². The van der Waals surface area contributed by atoms with E-state index in [2.05, 4.69) is 61.3 Å². The van der Waals surface area contributed by atoms with Crippen LogP contribution in [0.5, 0.6) is 5.75 Å². The van der Waals surface area contributed by atoms with E-state index in [4.69, 9.17) is 19.4 Å². The molecule has 0 aliphatic heterocycles. The third-order valence-corrected chi connectivity index (χ3v) is 8.15. The maximum atomic E-state index is 11.0. The zero-order chi connectivity index (χ0) is 30.7. The van der Waals surface area contributed by atoms with Crippen LogP contribution in [0.2, 0.25) is 0 Å². The minimum atomic E-state index is -0.133. The molecule has 0 saturated heterocycles. The first-order valence-corrected chi connectivity index (χ1v) is 14.7. The molecule has 0 aliphatic carbocycles. The zero-order valence-electron chi connectivity index (χ0n) is 25.2. The standard InChI is InChI=1S/C37H28N6O2.Pt/c1-37(2,3)25-17-29(40-31(18-25)30-16-24(14-15-38-30)22-8-5-4-6-9-22)26-11-7-10-23-12-13-28(41-35(23)26)27-19-32-34(20-33(27)44)45-36-42-39-21-43(32)36;/h4-21,44H,1-3H3;. The molecule has 8 nitrogen and oxygen atoms in total. The van der Waals surface area contributed by atoms with E-state index in [0.717, 1.165) is 55.8 Å². The largest absolute Gasteiger partial charge is 0.507 e. The van der Waals surface area contributed by atoms with Gasteiger partial charge in [-0.15, -0.1) is 5.10 Å². The van der Waals surface area contributed by atoms with E-state index in [1.54, 1.807) is 16.8 Å². The van der Waals surface area contributed by atoms with Crippen molar-refractivity contribution in [2.45, 2.75) is 26.2 Å². The molecule has 9 heteroatoms. The van der Waals surface area contributed by atoms with E-state index < -0.39 is 0 Å². The van der Waals surface area contributed by atoms with Crippen LogP contribution in [-0.2, 0) is 26.5 Å². The van der Waals surface area contributed by atoms with Crippen LogP contribution in [0.3, 0.4) is 0 Å². The molecule has 0 bridgehead atoms. The Hall–Kier alpha value is -5.20. The van der Waals surface area contributed by atoms with E-state index in [1.807, 2.05) is 66.9 Å². The van der Waals surface area contributed by atoms with Gasteiger partial charge in [0.05, 0.1) is 33.8 Å². The van der Waals surface area contributed by atoms with Gasteiger partial charge in [-0.2, -0.15) is 0 Å². The van der Waals surface area contributed by atoms with Crippen molar-refractivity contribution in [2.24, 2.45) is 0 Å². The Balaban J connectivity index is 0.00000338. The van der Waals surface area contributed by atoms with Crippen molar-refractivity contribution in [3.05, 3.63) is 115 Å². The fourth-order valence-electron chi connectivity index (χ4n) is 5.71. The van der Waals surface area contributed by atoms with Gasteiger partial charge in [0, 0.05) is 49.8 Å². The molecule has 0 unspecified atom stereocenters. The quantitative estimate of drug-likeness (QED) is 0.191. The second kappa shape index (κ2) is 11.3. The third kappa shape index (κ3) is 5.14. The molecule has 0 atom stereocenters. The first kappa shape index (κ1) is 29.5. The number of phenols is 1. The predicted molar refractivity (Wildman–Crippen MR) is 176 cm³/mol. The van der Waals surface area contributed by atoms with Crippen molar-refractivity contribution >= 4 is 27.8 Å². The van der Waals surface area contributed by atoms with E-state index >= 15 is 0 Å². The van der Waals surface area contributed by atoms with Crippen molar-refractivity contribution < 1.29 is 30.6 Å². The van der Waals surface area contributed by atoms with E-state index in [-0.39, 0.29) is 32.2 Å². The fourth-order valence-corrected chi connectivity index (χ4v) is 5.71. The summed E-state index contributed by atoms with van der Waals surface area (Å²) in [4.78, 5) is 15.0. The number of para-hydroxylation sites is 1. The second-order valence-electron chi connectivity index (χ2n) is 12.2. The van der Waals surface area contributed by atoms with Gasteiger partial charge < -0.3 is 9.52 Å².